The van der Waals surface area contributed by atoms with Crippen molar-refractivity contribution in [1.29, 1.82) is 5.26 Å². The van der Waals surface area contributed by atoms with Crippen LogP contribution in [0.2, 0.25) is 5.02 Å². The maximum Gasteiger partial charge on any atom is 0.350 e. The van der Waals surface area contributed by atoms with E-state index in [2.05, 4.69) is 17.6 Å². The highest BCUT2D eigenvalue weighted by Gasteiger charge is 2.33. The van der Waals surface area contributed by atoms with Crippen LogP contribution >= 0.6 is 23.4 Å². The number of benzene rings is 2. The van der Waals surface area contributed by atoms with E-state index in [1.165, 1.54) is 34.5 Å². The average molecular weight is 516 g/mol. The molecule has 1 saturated heterocycles. The number of piperazine rings is 1. The lowest BCUT2D eigenvalue weighted by atomic mass is 10.0. The quantitative estimate of drug-likeness (QED) is 0.531. The smallest absolute Gasteiger partial charge is 0.350 e. The molecule has 0 spiro atoms. The molecule has 2 atom stereocenters. The number of rotatable bonds is 4. The Hall–Kier alpha value is -2.97. The summed E-state index contributed by atoms with van der Waals surface area (Å²) in [7, 11) is 0. The molecule has 3 aromatic rings. The molecule has 2 aliphatic rings. The Morgan fingerprint density at radius 1 is 1.31 bits per heavy atom. The first-order valence-corrected chi connectivity index (χ1v) is 12.3. The second-order valence-corrected chi connectivity index (χ2v) is 9.80. The predicted octanol–water partition coefficient (Wildman–Crippen LogP) is 3.62. The molecule has 7 nitrogen and oxygen atoms in total. The molecule has 1 fully saturated rings. The van der Waals surface area contributed by atoms with Gasteiger partial charge in [0.05, 0.1) is 16.6 Å². The minimum Gasteiger partial charge on any atom is -0.375 e. The lowest BCUT2D eigenvalue weighted by Crippen LogP contribution is -2.55. The van der Waals surface area contributed by atoms with Gasteiger partial charge in [-0.05, 0) is 24.3 Å². The van der Waals surface area contributed by atoms with Crippen molar-refractivity contribution >= 4 is 40.1 Å². The molecule has 0 bridgehead atoms. The van der Waals surface area contributed by atoms with E-state index in [1.54, 1.807) is 15.9 Å². The van der Waals surface area contributed by atoms with Crippen molar-refractivity contribution in [2.75, 3.05) is 30.3 Å². The fourth-order valence-electron chi connectivity index (χ4n) is 4.67. The zero-order valence-corrected chi connectivity index (χ0v) is 20.0. The molecule has 11 heteroatoms. The zero-order valence-electron chi connectivity index (χ0n) is 18.4. The number of aromatic nitrogens is 2. The van der Waals surface area contributed by atoms with Gasteiger partial charge in [-0.1, -0.05) is 18.2 Å². The third kappa shape index (κ3) is 3.98. The highest BCUT2D eigenvalue weighted by Crippen LogP contribution is 2.46. The molecule has 180 valence electrons. The number of halogens is 3. The number of nitriles is 1. The molecule has 0 aliphatic carbocycles. The zero-order chi connectivity index (χ0) is 24.9. The molecule has 2 aromatic carbocycles. The third-order valence-corrected chi connectivity index (χ3v) is 7.70. The lowest BCUT2D eigenvalue weighted by Gasteiger charge is -2.40. The molecule has 1 unspecified atom stereocenters. The van der Waals surface area contributed by atoms with Gasteiger partial charge in [0.15, 0.2) is 0 Å². The molecular weight excluding hydrogens is 496 g/mol. The van der Waals surface area contributed by atoms with Gasteiger partial charge in [-0.2, -0.15) is 10.2 Å². The van der Waals surface area contributed by atoms with Gasteiger partial charge in [-0.15, -0.1) is 11.8 Å². The van der Waals surface area contributed by atoms with Crippen molar-refractivity contribution in [3.05, 3.63) is 64.1 Å². The number of hydrogen-bond acceptors (Lipinski definition) is 7. The SMILES string of the molecule is C=CC(O)N1CCN(c2nc(=O)n3c4c(c(-c5ccc(F)cc5F)c(Cl)cc24)SCC3)[C@@H](C#N)C1. The molecular formula is C24H20ClF2N5O2S. The van der Waals surface area contributed by atoms with Crippen molar-refractivity contribution in [2.24, 2.45) is 0 Å². The summed E-state index contributed by atoms with van der Waals surface area (Å²) in [4.78, 5) is 21.5. The van der Waals surface area contributed by atoms with Crippen LogP contribution < -0.4 is 10.6 Å². The Labute approximate surface area is 208 Å². The summed E-state index contributed by atoms with van der Waals surface area (Å²) >= 11 is 8.13. The molecule has 35 heavy (non-hydrogen) atoms. The number of hydrogen-bond donors (Lipinski definition) is 1. The largest absolute Gasteiger partial charge is 0.375 e. The van der Waals surface area contributed by atoms with Gasteiger partial charge in [0.2, 0.25) is 0 Å². The molecule has 0 amide bonds. The molecule has 3 heterocycles. The monoisotopic (exact) mass is 515 g/mol. The Balaban J connectivity index is 1.72. The second-order valence-electron chi connectivity index (χ2n) is 8.28. The van der Waals surface area contributed by atoms with Gasteiger partial charge in [0.1, 0.15) is 29.7 Å². The molecule has 5 rings (SSSR count). The third-order valence-electron chi connectivity index (χ3n) is 6.33. The minimum absolute atomic E-state index is 0.141. The number of aryl methyl sites for hydroxylation is 1. The Morgan fingerprint density at radius 3 is 2.83 bits per heavy atom. The second kappa shape index (κ2) is 9.24. The first-order valence-electron chi connectivity index (χ1n) is 10.9. The number of aliphatic hydroxyl groups excluding tert-OH is 1. The van der Waals surface area contributed by atoms with E-state index in [4.69, 9.17) is 11.6 Å². The van der Waals surface area contributed by atoms with Crippen LogP contribution in [0.1, 0.15) is 0 Å². The van der Waals surface area contributed by atoms with Crippen molar-refractivity contribution in [3.8, 4) is 17.2 Å². The number of aliphatic hydroxyl groups is 1. The van der Waals surface area contributed by atoms with Gasteiger partial charge in [-0.3, -0.25) is 9.47 Å². The topological polar surface area (TPSA) is 85.4 Å². The van der Waals surface area contributed by atoms with E-state index in [1.807, 2.05) is 0 Å². The van der Waals surface area contributed by atoms with E-state index in [9.17, 15) is 23.9 Å². The van der Waals surface area contributed by atoms with E-state index in [0.717, 1.165) is 6.07 Å². The van der Waals surface area contributed by atoms with E-state index >= 15 is 0 Å². The van der Waals surface area contributed by atoms with E-state index in [-0.39, 0.29) is 17.1 Å². The normalized spacial score (nSPS) is 18.9. The fraction of sp³-hybridized carbons (Fsp3) is 0.292. The van der Waals surface area contributed by atoms with Crippen LogP contribution in [-0.4, -0.2) is 57.2 Å². The van der Waals surface area contributed by atoms with Gasteiger partial charge in [-0.25, -0.2) is 13.6 Å². The summed E-state index contributed by atoms with van der Waals surface area (Å²) in [6.07, 6.45) is 0.506. The summed E-state index contributed by atoms with van der Waals surface area (Å²) in [5.74, 6) is -0.579. The highest BCUT2D eigenvalue weighted by atomic mass is 35.5. The van der Waals surface area contributed by atoms with Crippen LogP contribution in [-0.2, 0) is 6.54 Å². The van der Waals surface area contributed by atoms with Crippen LogP contribution in [0.5, 0.6) is 0 Å². The van der Waals surface area contributed by atoms with Crippen molar-refractivity contribution in [1.82, 2.24) is 14.5 Å². The highest BCUT2D eigenvalue weighted by molar-refractivity contribution is 7.99. The molecule has 0 saturated carbocycles. The Bertz CT molecular complexity index is 1460. The van der Waals surface area contributed by atoms with Crippen LogP contribution in [0.4, 0.5) is 14.6 Å². The van der Waals surface area contributed by atoms with Crippen LogP contribution in [0.15, 0.2) is 46.6 Å². The van der Waals surface area contributed by atoms with Crippen molar-refractivity contribution in [3.63, 3.8) is 0 Å². The molecule has 0 radical (unpaired) electrons. The van der Waals surface area contributed by atoms with E-state index in [0.29, 0.717) is 52.6 Å². The minimum atomic E-state index is -0.887. The molecule has 1 N–H and O–H groups in total. The molecule has 1 aromatic heterocycles. The van der Waals surface area contributed by atoms with Gasteiger partial charge in [0, 0.05) is 59.4 Å². The van der Waals surface area contributed by atoms with Crippen LogP contribution in [0, 0.1) is 23.0 Å². The lowest BCUT2D eigenvalue weighted by molar-refractivity contribution is 0.0326. The Morgan fingerprint density at radius 2 is 2.11 bits per heavy atom. The summed E-state index contributed by atoms with van der Waals surface area (Å²) in [5, 5.41) is 20.8. The van der Waals surface area contributed by atoms with Gasteiger partial charge in [0.25, 0.3) is 0 Å². The summed E-state index contributed by atoms with van der Waals surface area (Å²) in [5.41, 5.74) is 0.612. The van der Waals surface area contributed by atoms with Gasteiger partial charge >= 0.3 is 5.69 Å². The maximum absolute atomic E-state index is 14.8. The first kappa shape index (κ1) is 23.8. The van der Waals surface area contributed by atoms with Crippen molar-refractivity contribution < 1.29 is 13.9 Å². The summed E-state index contributed by atoms with van der Waals surface area (Å²) in [6.45, 7) is 4.99. The van der Waals surface area contributed by atoms with Crippen LogP contribution in [0.3, 0.4) is 0 Å². The van der Waals surface area contributed by atoms with Crippen molar-refractivity contribution in [2.45, 2.75) is 23.7 Å². The van der Waals surface area contributed by atoms with Crippen LogP contribution in [0.25, 0.3) is 22.0 Å². The maximum atomic E-state index is 14.8. The predicted molar refractivity (Wildman–Crippen MR) is 132 cm³/mol. The molecule has 2 aliphatic heterocycles. The fourth-order valence-corrected chi connectivity index (χ4v) is 6.23. The average Bonchev–Trinajstić information content (AvgIpc) is 2.86. The number of thioether (sulfide) groups is 1. The summed E-state index contributed by atoms with van der Waals surface area (Å²) in [6, 6.07) is 6.48. The van der Waals surface area contributed by atoms with E-state index < -0.39 is 29.6 Å². The number of nitrogens with zero attached hydrogens (tertiary/aromatic N) is 5. The summed E-state index contributed by atoms with van der Waals surface area (Å²) < 4.78 is 29.9. The number of anilines is 1. The standard InChI is InChI=1S/C24H20ClF2N5O2S/c1-2-19(33)30-5-6-31(14(11-28)12-30)23-16-10-17(25)20(15-4-3-13(26)9-18(15)27)22-21(16)32(7-8-35-22)24(34)29-23/h2-4,9-10,14,19,33H,1,5-8,12H2/t14-,19?/m0/s1. The first-order chi connectivity index (χ1) is 16.8. The van der Waals surface area contributed by atoms with Gasteiger partial charge < -0.3 is 10.0 Å². The Kier molecular flexibility index (Phi) is 6.27.